The number of nitrogens with zero attached hydrogens (tertiary/aromatic N) is 2. The number of carbonyl (C=O) groups excluding carboxylic acids is 2. The lowest BCUT2D eigenvalue weighted by atomic mass is 10.0. The normalized spacial score (nSPS) is 11.4. The number of amides is 1. The maximum atomic E-state index is 13.3. The van der Waals surface area contributed by atoms with E-state index in [-0.39, 0.29) is 28.5 Å². The zero-order valence-corrected chi connectivity index (χ0v) is 21.7. The number of anilines is 1. The van der Waals surface area contributed by atoms with E-state index in [1.54, 1.807) is 66.7 Å². The van der Waals surface area contributed by atoms with E-state index < -0.39 is 5.91 Å². The van der Waals surface area contributed by atoms with E-state index in [1.165, 1.54) is 0 Å². The summed E-state index contributed by atoms with van der Waals surface area (Å²) in [6.45, 7) is 2.99. The first kappa shape index (κ1) is 26.5. The molecule has 10 heteroatoms. The lowest BCUT2D eigenvalue weighted by molar-refractivity contribution is 0.0947. The van der Waals surface area contributed by atoms with Gasteiger partial charge < -0.3 is 25.1 Å². The second-order valence-electron chi connectivity index (χ2n) is 9.08. The molecule has 0 saturated carbocycles. The number of phenolic OH excluding ortho intramolecular Hbond substituents is 1. The molecule has 0 bridgehead atoms. The number of imidazole rings is 1. The number of azo groups is 1. The van der Waals surface area contributed by atoms with Crippen LogP contribution in [-0.4, -0.2) is 40.0 Å². The summed E-state index contributed by atoms with van der Waals surface area (Å²) in [5.74, 6) is -1.00. The van der Waals surface area contributed by atoms with Crippen LogP contribution in [0.2, 0.25) is 0 Å². The Labute approximate surface area is 228 Å². The second kappa shape index (κ2) is 11.7. The van der Waals surface area contributed by atoms with E-state index >= 15 is 0 Å². The third-order valence-electron chi connectivity index (χ3n) is 6.37. The van der Waals surface area contributed by atoms with Crippen molar-refractivity contribution in [2.45, 2.75) is 19.8 Å². The van der Waals surface area contributed by atoms with Gasteiger partial charge in [0.05, 0.1) is 22.3 Å². The zero-order valence-electron chi connectivity index (χ0n) is 21.7. The number of phenols is 1. The molecule has 1 aromatic heterocycles. The molecule has 0 unspecified atom stereocenters. The number of fused-ring (bicyclic) bond motifs is 2. The molecule has 0 aliphatic carbocycles. The van der Waals surface area contributed by atoms with Crippen LogP contribution < -0.4 is 11.0 Å². The zero-order chi connectivity index (χ0) is 28.1. The van der Waals surface area contributed by atoms with Crippen molar-refractivity contribution in [2.24, 2.45) is 10.2 Å². The summed E-state index contributed by atoms with van der Waals surface area (Å²) in [6, 6.07) is 20.6. The molecule has 0 spiro atoms. The summed E-state index contributed by atoms with van der Waals surface area (Å²) in [5.41, 5.74) is 2.09. The van der Waals surface area contributed by atoms with Crippen molar-refractivity contribution in [3.63, 3.8) is 0 Å². The van der Waals surface area contributed by atoms with Gasteiger partial charge >= 0.3 is 5.69 Å². The number of hydrogen-bond acceptors (Lipinski definition) is 7. The SMILES string of the molecule is CCOCCCC(=O)c1ccccc1N=Nc1c(O)c(C(=O)Nc2ccc3[nH]c(=O)[nH]c3c2)cc2ccccc12. The van der Waals surface area contributed by atoms with Crippen molar-refractivity contribution in [1.29, 1.82) is 0 Å². The topological polar surface area (TPSA) is 149 Å². The average molecular weight is 538 g/mol. The van der Waals surface area contributed by atoms with Crippen molar-refractivity contribution < 1.29 is 19.4 Å². The van der Waals surface area contributed by atoms with Gasteiger partial charge in [-0.1, -0.05) is 36.4 Å². The number of H-pyrrole nitrogens is 2. The highest BCUT2D eigenvalue weighted by atomic mass is 16.5. The van der Waals surface area contributed by atoms with Gasteiger partial charge in [-0.05, 0) is 55.1 Å². The molecule has 1 amide bonds. The Morgan fingerprint density at radius 2 is 1.70 bits per heavy atom. The van der Waals surface area contributed by atoms with Crippen molar-refractivity contribution in [2.75, 3.05) is 18.5 Å². The summed E-state index contributed by atoms with van der Waals surface area (Å²) >= 11 is 0. The predicted molar refractivity (Wildman–Crippen MR) is 153 cm³/mol. The number of nitrogens with one attached hydrogen (secondary N) is 3. The minimum absolute atomic E-state index is 0.00408. The number of Topliss-reactive ketones (excluding diaryl/α,β-unsaturated/α-hetero) is 1. The summed E-state index contributed by atoms with van der Waals surface area (Å²) in [6.07, 6.45) is 0.895. The van der Waals surface area contributed by atoms with E-state index in [4.69, 9.17) is 4.74 Å². The maximum Gasteiger partial charge on any atom is 0.323 e. The molecule has 0 atom stereocenters. The largest absolute Gasteiger partial charge is 0.505 e. The van der Waals surface area contributed by atoms with E-state index in [2.05, 4.69) is 25.5 Å². The van der Waals surface area contributed by atoms with Gasteiger partial charge in [0, 0.05) is 36.3 Å². The standard InChI is InChI=1S/C30H27N5O5/c1-2-40-15-7-12-26(36)21-10-5-6-11-23(21)34-35-27-20-9-4-3-8-18(20)16-22(28(27)37)29(38)31-19-13-14-24-25(17-19)33-30(39)32-24/h3-6,8-11,13-14,16-17,37H,2,7,12,15H2,1H3,(H,31,38)(H2,32,33,39). The third-order valence-corrected chi connectivity index (χ3v) is 6.37. The quantitative estimate of drug-likeness (QED) is 0.0926. The molecule has 202 valence electrons. The summed E-state index contributed by atoms with van der Waals surface area (Å²) < 4.78 is 5.33. The van der Waals surface area contributed by atoms with Crippen LogP contribution in [0.5, 0.6) is 5.75 Å². The summed E-state index contributed by atoms with van der Waals surface area (Å²) in [4.78, 5) is 43.0. The molecule has 5 aromatic rings. The van der Waals surface area contributed by atoms with E-state index in [1.807, 2.05) is 13.0 Å². The number of carbonyl (C=O) groups is 2. The fourth-order valence-electron chi connectivity index (χ4n) is 4.41. The van der Waals surface area contributed by atoms with Gasteiger partial charge in [-0.15, -0.1) is 10.2 Å². The van der Waals surface area contributed by atoms with Crippen LogP contribution in [0, 0.1) is 0 Å². The van der Waals surface area contributed by atoms with Crippen molar-refractivity contribution in [3.8, 4) is 5.75 Å². The van der Waals surface area contributed by atoms with Crippen LogP contribution in [0.15, 0.2) is 87.8 Å². The van der Waals surface area contributed by atoms with Crippen LogP contribution in [0.1, 0.15) is 40.5 Å². The van der Waals surface area contributed by atoms with E-state index in [0.717, 1.165) is 0 Å². The Morgan fingerprint density at radius 3 is 2.55 bits per heavy atom. The molecule has 5 rings (SSSR count). The van der Waals surface area contributed by atoms with Gasteiger partial charge in [-0.2, -0.15) is 0 Å². The molecule has 1 heterocycles. The number of rotatable bonds is 10. The lowest BCUT2D eigenvalue weighted by Crippen LogP contribution is -2.12. The molecule has 40 heavy (non-hydrogen) atoms. The molecule has 0 aliphatic rings. The monoisotopic (exact) mass is 537 g/mol. The number of aromatic amines is 2. The highest BCUT2D eigenvalue weighted by molar-refractivity contribution is 6.12. The Morgan fingerprint density at radius 1 is 0.925 bits per heavy atom. The van der Waals surface area contributed by atoms with Gasteiger partial charge in [0.1, 0.15) is 5.69 Å². The Balaban J connectivity index is 1.47. The van der Waals surface area contributed by atoms with Gasteiger partial charge in [0.25, 0.3) is 5.91 Å². The smallest absolute Gasteiger partial charge is 0.323 e. The minimum atomic E-state index is -0.568. The summed E-state index contributed by atoms with van der Waals surface area (Å²) in [7, 11) is 0. The molecular weight excluding hydrogens is 510 g/mol. The van der Waals surface area contributed by atoms with Gasteiger partial charge in [-0.3, -0.25) is 9.59 Å². The van der Waals surface area contributed by atoms with Crippen molar-refractivity contribution in [3.05, 3.63) is 94.4 Å². The number of aromatic hydroxyl groups is 1. The van der Waals surface area contributed by atoms with E-state index in [9.17, 15) is 19.5 Å². The highest BCUT2D eigenvalue weighted by Crippen LogP contribution is 2.40. The molecule has 0 aliphatic heterocycles. The number of ketones is 1. The molecule has 4 aromatic carbocycles. The second-order valence-corrected chi connectivity index (χ2v) is 9.08. The van der Waals surface area contributed by atoms with E-state index in [0.29, 0.717) is 64.8 Å². The molecule has 0 saturated heterocycles. The Kier molecular flexibility index (Phi) is 7.79. The van der Waals surface area contributed by atoms with Crippen LogP contribution >= 0.6 is 0 Å². The molecule has 0 fully saturated rings. The number of ether oxygens (including phenoxy) is 1. The first-order valence-electron chi connectivity index (χ1n) is 12.8. The highest BCUT2D eigenvalue weighted by Gasteiger charge is 2.19. The fourth-order valence-corrected chi connectivity index (χ4v) is 4.41. The minimum Gasteiger partial charge on any atom is -0.505 e. The predicted octanol–water partition coefficient (Wildman–Crippen LogP) is 6.38. The number of hydrogen-bond donors (Lipinski definition) is 4. The average Bonchev–Trinajstić information content (AvgIpc) is 3.34. The van der Waals surface area contributed by atoms with Gasteiger partial charge in [0.15, 0.2) is 11.5 Å². The number of aromatic nitrogens is 2. The maximum absolute atomic E-state index is 13.3. The molecule has 10 nitrogen and oxygen atoms in total. The first-order chi connectivity index (χ1) is 19.4. The van der Waals surface area contributed by atoms with Crippen molar-refractivity contribution >= 4 is 50.6 Å². The molecule has 0 radical (unpaired) electrons. The van der Waals surface area contributed by atoms with Crippen LogP contribution in [-0.2, 0) is 4.74 Å². The lowest BCUT2D eigenvalue weighted by Gasteiger charge is -2.11. The van der Waals surface area contributed by atoms with Gasteiger partial charge in [-0.25, -0.2) is 4.79 Å². The number of benzene rings is 4. The Bertz CT molecular complexity index is 1800. The third kappa shape index (κ3) is 5.67. The molecule has 4 N–H and O–H groups in total. The van der Waals surface area contributed by atoms with Crippen LogP contribution in [0.3, 0.4) is 0 Å². The van der Waals surface area contributed by atoms with Crippen molar-refractivity contribution in [1.82, 2.24) is 9.97 Å². The fraction of sp³-hybridized carbons (Fsp3) is 0.167. The summed E-state index contributed by atoms with van der Waals surface area (Å²) in [5, 5.41) is 23.8. The molecular formula is C30H27N5O5. The van der Waals surface area contributed by atoms with Crippen LogP contribution in [0.25, 0.3) is 21.8 Å². The first-order valence-corrected chi connectivity index (χ1v) is 12.8. The van der Waals surface area contributed by atoms with Crippen LogP contribution in [0.4, 0.5) is 17.1 Å². The van der Waals surface area contributed by atoms with Gasteiger partial charge in [0.2, 0.25) is 0 Å². The Hall–Kier alpha value is -5.09.